The number of carbonyl (C=O) groups is 1. The van der Waals surface area contributed by atoms with Gasteiger partial charge in [0.1, 0.15) is 5.52 Å². The SMILES string of the molecule is COC(=O)C1CCN(Cc2nc3ccccc3o2)C1. The van der Waals surface area contributed by atoms with Crippen molar-refractivity contribution in [1.29, 1.82) is 0 Å². The molecule has 5 nitrogen and oxygen atoms in total. The first-order valence-electron chi connectivity index (χ1n) is 6.41. The van der Waals surface area contributed by atoms with E-state index in [2.05, 4.69) is 9.88 Å². The van der Waals surface area contributed by atoms with E-state index in [9.17, 15) is 4.79 Å². The van der Waals surface area contributed by atoms with Crippen LogP contribution in [0.2, 0.25) is 0 Å². The van der Waals surface area contributed by atoms with E-state index < -0.39 is 0 Å². The number of hydrogen-bond acceptors (Lipinski definition) is 5. The summed E-state index contributed by atoms with van der Waals surface area (Å²) in [5.74, 6) is 0.557. The number of carbonyl (C=O) groups excluding carboxylic acids is 1. The fourth-order valence-electron chi connectivity index (χ4n) is 2.51. The number of benzene rings is 1. The largest absolute Gasteiger partial charge is 0.469 e. The van der Waals surface area contributed by atoms with Gasteiger partial charge in [0.05, 0.1) is 19.6 Å². The maximum Gasteiger partial charge on any atom is 0.310 e. The third-order valence-electron chi connectivity index (χ3n) is 3.50. The van der Waals surface area contributed by atoms with E-state index in [0.29, 0.717) is 19.0 Å². The van der Waals surface area contributed by atoms with Gasteiger partial charge in [-0.05, 0) is 25.1 Å². The number of para-hydroxylation sites is 2. The fourth-order valence-corrected chi connectivity index (χ4v) is 2.51. The number of rotatable bonds is 3. The standard InChI is InChI=1S/C14H16N2O3/c1-18-14(17)10-6-7-16(8-10)9-13-15-11-4-2-3-5-12(11)19-13/h2-5,10H,6-9H2,1H3. The maximum absolute atomic E-state index is 11.5. The van der Waals surface area contributed by atoms with Crippen LogP contribution in [0.4, 0.5) is 0 Å². The molecule has 0 spiro atoms. The highest BCUT2D eigenvalue weighted by Gasteiger charge is 2.29. The molecule has 0 aliphatic carbocycles. The van der Waals surface area contributed by atoms with Gasteiger partial charge in [0, 0.05) is 6.54 Å². The second kappa shape index (κ2) is 5.01. The molecule has 5 heteroatoms. The molecule has 1 saturated heterocycles. The lowest BCUT2D eigenvalue weighted by molar-refractivity contribution is -0.144. The molecule has 0 saturated carbocycles. The number of methoxy groups -OCH3 is 1. The third-order valence-corrected chi connectivity index (χ3v) is 3.50. The lowest BCUT2D eigenvalue weighted by Gasteiger charge is -2.12. The van der Waals surface area contributed by atoms with Gasteiger partial charge < -0.3 is 9.15 Å². The molecular weight excluding hydrogens is 244 g/mol. The molecule has 1 aromatic heterocycles. The molecule has 19 heavy (non-hydrogen) atoms. The fraction of sp³-hybridized carbons (Fsp3) is 0.429. The van der Waals surface area contributed by atoms with Gasteiger partial charge in [-0.25, -0.2) is 4.98 Å². The summed E-state index contributed by atoms with van der Waals surface area (Å²) in [4.78, 5) is 18.1. The first-order valence-corrected chi connectivity index (χ1v) is 6.41. The van der Waals surface area contributed by atoms with Crippen molar-refractivity contribution in [3.8, 4) is 0 Å². The number of fused-ring (bicyclic) bond motifs is 1. The number of ether oxygens (including phenoxy) is 1. The highest BCUT2D eigenvalue weighted by molar-refractivity contribution is 5.73. The summed E-state index contributed by atoms with van der Waals surface area (Å²) in [6, 6.07) is 7.72. The lowest BCUT2D eigenvalue weighted by atomic mass is 10.1. The molecule has 2 heterocycles. The Balaban J connectivity index is 1.67. The Labute approximate surface area is 111 Å². The molecule has 1 aliphatic heterocycles. The van der Waals surface area contributed by atoms with Crippen LogP contribution in [0.15, 0.2) is 28.7 Å². The molecule has 1 aliphatic rings. The molecule has 1 unspecified atom stereocenters. The van der Waals surface area contributed by atoms with Gasteiger partial charge in [-0.15, -0.1) is 0 Å². The molecule has 1 fully saturated rings. The second-order valence-electron chi connectivity index (χ2n) is 4.82. The van der Waals surface area contributed by atoms with Crippen molar-refractivity contribution in [1.82, 2.24) is 9.88 Å². The van der Waals surface area contributed by atoms with Gasteiger partial charge in [0.25, 0.3) is 0 Å². The Morgan fingerprint density at radius 3 is 3.16 bits per heavy atom. The Bertz CT molecular complexity index is 560. The average molecular weight is 260 g/mol. The molecule has 1 aromatic carbocycles. The van der Waals surface area contributed by atoms with Gasteiger partial charge >= 0.3 is 5.97 Å². The van der Waals surface area contributed by atoms with Crippen LogP contribution in [-0.2, 0) is 16.1 Å². The molecule has 0 bridgehead atoms. The van der Waals surface area contributed by atoms with E-state index in [-0.39, 0.29) is 11.9 Å². The van der Waals surface area contributed by atoms with E-state index in [1.54, 1.807) is 0 Å². The first kappa shape index (κ1) is 12.2. The van der Waals surface area contributed by atoms with E-state index in [0.717, 1.165) is 24.1 Å². The monoisotopic (exact) mass is 260 g/mol. The number of oxazole rings is 1. The number of aromatic nitrogens is 1. The molecule has 3 rings (SSSR count). The van der Waals surface area contributed by atoms with E-state index in [4.69, 9.17) is 9.15 Å². The summed E-state index contributed by atoms with van der Waals surface area (Å²) >= 11 is 0. The van der Waals surface area contributed by atoms with Crippen LogP contribution < -0.4 is 0 Å². The van der Waals surface area contributed by atoms with Gasteiger partial charge in [-0.2, -0.15) is 0 Å². The van der Waals surface area contributed by atoms with E-state index in [1.807, 2.05) is 24.3 Å². The minimum Gasteiger partial charge on any atom is -0.469 e. The molecule has 2 aromatic rings. The van der Waals surface area contributed by atoms with Gasteiger partial charge in [0.15, 0.2) is 5.58 Å². The zero-order chi connectivity index (χ0) is 13.2. The minimum absolute atomic E-state index is 0.0191. The number of esters is 1. The Hall–Kier alpha value is -1.88. The number of likely N-dealkylation sites (tertiary alicyclic amines) is 1. The predicted octanol–water partition coefficient (Wildman–Crippen LogP) is 1.82. The van der Waals surface area contributed by atoms with Crippen molar-refractivity contribution in [2.45, 2.75) is 13.0 Å². The quantitative estimate of drug-likeness (QED) is 0.788. The smallest absolute Gasteiger partial charge is 0.310 e. The topological polar surface area (TPSA) is 55.6 Å². The number of hydrogen-bond donors (Lipinski definition) is 0. The van der Waals surface area contributed by atoms with Crippen LogP contribution in [0, 0.1) is 5.92 Å². The van der Waals surface area contributed by atoms with E-state index in [1.165, 1.54) is 7.11 Å². The van der Waals surface area contributed by atoms with Crippen molar-refractivity contribution in [3.05, 3.63) is 30.2 Å². The molecular formula is C14H16N2O3. The summed E-state index contributed by atoms with van der Waals surface area (Å²) in [5, 5.41) is 0. The van der Waals surface area contributed by atoms with Crippen LogP contribution in [0.3, 0.4) is 0 Å². The normalized spacial score (nSPS) is 19.9. The first-order chi connectivity index (χ1) is 9.26. The molecule has 100 valence electrons. The van der Waals surface area contributed by atoms with Crippen molar-refractivity contribution in [2.24, 2.45) is 5.92 Å². The molecule has 0 amide bonds. The number of nitrogens with zero attached hydrogens (tertiary/aromatic N) is 2. The average Bonchev–Trinajstić information content (AvgIpc) is 3.04. The summed E-state index contributed by atoms with van der Waals surface area (Å²) < 4.78 is 10.5. The zero-order valence-corrected chi connectivity index (χ0v) is 10.8. The Kier molecular flexibility index (Phi) is 3.21. The van der Waals surface area contributed by atoms with Crippen LogP contribution in [0.5, 0.6) is 0 Å². The Morgan fingerprint density at radius 1 is 1.53 bits per heavy atom. The van der Waals surface area contributed by atoms with Crippen LogP contribution >= 0.6 is 0 Å². The highest BCUT2D eigenvalue weighted by Crippen LogP contribution is 2.21. The Morgan fingerprint density at radius 2 is 2.37 bits per heavy atom. The molecule has 0 N–H and O–H groups in total. The molecule has 0 radical (unpaired) electrons. The van der Waals surface area contributed by atoms with Crippen LogP contribution in [0.1, 0.15) is 12.3 Å². The maximum atomic E-state index is 11.5. The van der Waals surface area contributed by atoms with Gasteiger partial charge in [-0.1, -0.05) is 12.1 Å². The van der Waals surface area contributed by atoms with Crippen molar-refractivity contribution in [2.75, 3.05) is 20.2 Å². The molecule has 1 atom stereocenters. The minimum atomic E-state index is -0.125. The van der Waals surface area contributed by atoms with Crippen molar-refractivity contribution < 1.29 is 13.9 Å². The van der Waals surface area contributed by atoms with E-state index >= 15 is 0 Å². The lowest BCUT2D eigenvalue weighted by Crippen LogP contribution is -2.23. The summed E-state index contributed by atoms with van der Waals surface area (Å²) in [5.41, 5.74) is 1.68. The zero-order valence-electron chi connectivity index (χ0n) is 10.8. The summed E-state index contributed by atoms with van der Waals surface area (Å²) in [7, 11) is 1.44. The van der Waals surface area contributed by atoms with Crippen molar-refractivity contribution >= 4 is 17.1 Å². The second-order valence-corrected chi connectivity index (χ2v) is 4.82. The third kappa shape index (κ3) is 2.46. The predicted molar refractivity (Wildman–Crippen MR) is 69.4 cm³/mol. The highest BCUT2D eigenvalue weighted by atomic mass is 16.5. The summed E-state index contributed by atoms with van der Waals surface area (Å²) in [6.07, 6.45) is 0.840. The van der Waals surface area contributed by atoms with Crippen molar-refractivity contribution in [3.63, 3.8) is 0 Å². The van der Waals surface area contributed by atoms with Gasteiger partial charge in [-0.3, -0.25) is 9.69 Å². The summed E-state index contributed by atoms with van der Waals surface area (Å²) in [6.45, 7) is 2.23. The van der Waals surface area contributed by atoms with Gasteiger partial charge in [0.2, 0.25) is 5.89 Å². The van der Waals surface area contributed by atoms with Crippen LogP contribution in [-0.4, -0.2) is 36.1 Å². The van der Waals surface area contributed by atoms with Crippen LogP contribution in [0.25, 0.3) is 11.1 Å².